The largest absolute Gasteiger partial charge is 0.255 e. The maximum atomic E-state index is 14.4. The van der Waals surface area contributed by atoms with Gasteiger partial charge in [0.2, 0.25) is 0 Å². The fourth-order valence-electron chi connectivity index (χ4n) is 2.18. The molecule has 0 bridgehead atoms. The van der Waals surface area contributed by atoms with E-state index in [-0.39, 0.29) is 5.82 Å². The van der Waals surface area contributed by atoms with Crippen LogP contribution in [0.2, 0.25) is 0 Å². The van der Waals surface area contributed by atoms with Crippen molar-refractivity contribution in [3.05, 3.63) is 59.5 Å². The number of pyridine rings is 2. The van der Waals surface area contributed by atoms with Crippen molar-refractivity contribution in [3.8, 4) is 11.4 Å². The number of benzene rings is 1. The first-order valence-electron chi connectivity index (χ1n) is 6.14. The Kier molecular flexibility index (Phi) is 2.75. The molecule has 94 valence electrons. The molecule has 0 fully saturated rings. The fourth-order valence-corrected chi connectivity index (χ4v) is 2.18. The number of rotatable bonds is 1. The minimum atomic E-state index is -0.219. The Morgan fingerprint density at radius 1 is 1.05 bits per heavy atom. The summed E-state index contributed by atoms with van der Waals surface area (Å²) in [5, 5.41) is 0.552. The van der Waals surface area contributed by atoms with Gasteiger partial charge in [-0.15, -0.1) is 0 Å². The van der Waals surface area contributed by atoms with Crippen molar-refractivity contribution in [2.24, 2.45) is 0 Å². The summed E-state index contributed by atoms with van der Waals surface area (Å²) in [6, 6.07) is 11.1. The molecule has 0 aliphatic heterocycles. The maximum Gasteiger partial charge on any atom is 0.137 e. The van der Waals surface area contributed by atoms with Gasteiger partial charge in [0.25, 0.3) is 0 Å². The number of hydrogen-bond acceptors (Lipinski definition) is 2. The number of aryl methyl sites for hydroxylation is 1. The van der Waals surface area contributed by atoms with Crippen molar-refractivity contribution in [1.82, 2.24) is 9.97 Å². The molecule has 0 saturated carbocycles. The van der Waals surface area contributed by atoms with E-state index in [0.717, 1.165) is 5.56 Å². The molecule has 0 spiro atoms. The minimum Gasteiger partial charge on any atom is -0.255 e. The maximum absolute atomic E-state index is 14.4. The third kappa shape index (κ3) is 1.97. The third-order valence-corrected chi connectivity index (χ3v) is 3.22. The molecule has 1 aromatic carbocycles. The Bertz CT molecular complexity index is 766. The Labute approximate surface area is 111 Å². The van der Waals surface area contributed by atoms with E-state index < -0.39 is 0 Å². The van der Waals surface area contributed by atoms with Gasteiger partial charge in [0, 0.05) is 17.1 Å². The van der Waals surface area contributed by atoms with Gasteiger partial charge in [0.1, 0.15) is 5.82 Å². The summed E-state index contributed by atoms with van der Waals surface area (Å²) in [6.45, 7) is 3.73. The lowest BCUT2D eigenvalue weighted by molar-refractivity contribution is 0.629. The Morgan fingerprint density at radius 3 is 2.63 bits per heavy atom. The van der Waals surface area contributed by atoms with E-state index in [1.165, 1.54) is 0 Å². The first kappa shape index (κ1) is 11.8. The highest BCUT2D eigenvalue weighted by atomic mass is 19.1. The average Bonchev–Trinajstić information content (AvgIpc) is 2.43. The van der Waals surface area contributed by atoms with Crippen LogP contribution < -0.4 is 0 Å². The van der Waals surface area contributed by atoms with Gasteiger partial charge in [-0.05, 0) is 43.7 Å². The van der Waals surface area contributed by atoms with E-state index in [4.69, 9.17) is 0 Å². The quantitative estimate of drug-likeness (QED) is 0.653. The van der Waals surface area contributed by atoms with Gasteiger partial charge >= 0.3 is 0 Å². The van der Waals surface area contributed by atoms with Gasteiger partial charge in [-0.1, -0.05) is 12.1 Å². The first-order valence-corrected chi connectivity index (χ1v) is 6.14. The van der Waals surface area contributed by atoms with E-state index >= 15 is 0 Å². The van der Waals surface area contributed by atoms with Crippen molar-refractivity contribution in [2.75, 3.05) is 0 Å². The molecule has 0 unspecified atom stereocenters. The molecular weight excluding hydrogens is 239 g/mol. The van der Waals surface area contributed by atoms with Crippen molar-refractivity contribution in [2.45, 2.75) is 13.8 Å². The van der Waals surface area contributed by atoms with Crippen LogP contribution in [0.4, 0.5) is 4.39 Å². The molecule has 3 aromatic rings. The SMILES string of the molecule is Cc1ccnc(-c2nc3ccccc3c(F)c2C)c1. The minimum absolute atomic E-state index is 0.219. The van der Waals surface area contributed by atoms with Gasteiger partial charge < -0.3 is 0 Å². The predicted molar refractivity (Wildman–Crippen MR) is 74.4 cm³/mol. The molecule has 2 aromatic heterocycles. The Morgan fingerprint density at radius 2 is 1.84 bits per heavy atom. The van der Waals surface area contributed by atoms with Crippen LogP contribution in [-0.4, -0.2) is 9.97 Å². The molecule has 19 heavy (non-hydrogen) atoms. The molecule has 0 N–H and O–H groups in total. The molecule has 2 heterocycles. The standard InChI is InChI=1S/C16H13FN2/c1-10-7-8-18-14(9-10)16-11(2)15(17)12-5-3-4-6-13(12)19-16/h3-9H,1-2H3. The zero-order chi connectivity index (χ0) is 13.4. The van der Waals surface area contributed by atoms with Crippen molar-refractivity contribution >= 4 is 10.9 Å². The van der Waals surface area contributed by atoms with Crippen LogP contribution in [0.15, 0.2) is 42.6 Å². The monoisotopic (exact) mass is 252 g/mol. The molecule has 0 aliphatic rings. The molecule has 0 amide bonds. The predicted octanol–water partition coefficient (Wildman–Crippen LogP) is 4.05. The Balaban J connectivity index is 2.33. The molecule has 0 radical (unpaired) electrons. The highest BCUT2D eigenvalue weighted by Crippen LogP contribution is 2.27. The van der Waals surface area contributed by atoms with Gasteiger partial charge in [-0.25, -0.2) is 9.37 Å². The van der Waals surface area contributed by atoms with E-state index in [1.807, 2.05) is 37.3 Å². The van der Waals surface area contributed by atoms with Crippen molar-refractivity contribution in [3.63, 3.8) is 0 Å². The summed E-state index contributed by atoms with van der Waals surface area (Å²) >= 11 is 0. The van der Waals surface area contributed by atoms with Crippen molar-refractivity contribution < 1.29 is 4.39 Å². The summed E-state index contributed by atoms with van der Waals surface area (Å²) in [7, 11) is 0. The summed E-state index contributed by atoms with van der Waals surface area (Å²) < 4.78 is 14.4. The fraction of sp³-hybridized carbons (Fsp3) is 0.125. The first-order chi connectivity index (χ1) is 9.16. The number of aromatic nitrogens is 2. The second-order valence-electron chi connectivity index (χ2n) is 4.63. The summed E-state index contributed by atoms with van der Waals surface area (Å²) in [6.07, 6.45) is 1.72. The highest BCUT2D eigenvalue weighted by molar-refractivity contribution is 5.83. The lowest BCUT2D eigenvalue weighted by atomic mass is 10.1. The topological polar surface area (TPSA) is 25.8 Å². The Hall–Kier alpha value is -2.29. The van der Waals surface area contributed by atoms with Crippen LogP contribution in [-0.2, 0) is 0 Å². The number of para-hydroxylation sites is 1. The summed E-state index contributed by atoms with van der Waals surface area (Å²) in [5.41, 5.74) is 3.60. The molecule has 3 rings (SSSR count). The summed E-state index contributed by atoms with van der Waals surface area (Å²) in [4.78, 5) is 8.83. The van der Waals surface area contributed by atoms with Crippen molar-refractivity contribution in [1.29, 1.82) is 0 Å². The van der Waals surface area contributed by atoms with E-state index in [2.05, 4.69) is 9.97 Å². The zero-order valence-electron chi connectivity index (χ0n) is 10.8. The van der Waals surface area contributed by atoms with E-state index in [0.29, 0.717) is 27.9 Å². The molecule has 0 saturated heterocycles. The van der Waals surface area contributed by atoms with E-state index in [9.17, 15) is 4.39 Å². The van der Waals surface area contributed by atoms with Gasteiger partial charge in [0.05, 0.1) is 16.9 Å². The van der Waals surface area contributed by atoms with Crippen LogP contribution in [0.3, 0.4) is 0 Å². The van der Waals surface area contributed by atoms with Crippen LogP contribution in [0.5, 0.6) is 0 Å². The molecule has 0 atom stereocenters. The lowest BCUT2D eigenvalue weighted by Crippen LogP contribution is -1.97. The van der Waals surface area contributed by atoms with Gasteiger partial charge in [-0.2, -0.15) is 0 Å². The number of halogens is 1. The van der Waals surface area contributed by atoms with Gasteiger partial charge in [-0.3, -0.25) is 4.98 Å². The van der Waals surface area contributed by atoms with E-state index in [1.54, 1.807) is 19.2 Å². The third-order valence-electron chi connectivity index (χ3n) is 3.22. The zero-order valence-corrected chi connectivity index (χ0v) is 10.8. The second-order valence-corrected chi connectivity index (χ2v) is 4.63. The number of nitrogens with zero attached hydrogens (tertiary/aromatic N) is 2. The smallest absolute Gasteiger partial charge is 0.137 e. The van der Waals surface area contributed by atoms with Crippen LogP contribution in [0.25, 0.3) is 22.3 Å². The van der Waals surface area contributed by atoms with Gasteiger partial charge in [0.15, 0.2) is 0 Å². The number of hydrogen-bond donors (Lipinski definition) is 0. The molecule has 2 nitrogen and oxygen atoms in total. The second kappa shape index (κ2) is 4.43. The summed E-state index contributed by atoms with van der Waals surface area (Å²) in [5.74, 6) is -0.219. The average molecular weight is 252 g/mol. The van der Waals surface area contributed by atoms with Crippen LogP contribution in [0, 0.1) is 19.7 Å². The lowest BCUT2D eigenvalue weighted by Gasteiger charge is -2.09. The van der Waals surface area contributed by atoms with Crippen LogP contribution >= 0.6 is 0 Å². The highest BCUT2D eigenvalue weighted by Gasteiger charge is 2.13. The molecule has 0 aliphatic carbocycles. The number of fused-ring (bicyclic) bond motifs is 1. The van der Waals surface area contributed by atoms with Crippen LogP contribution in [0.1, 0.15) is 11.1 Å². The molecule has 3 heteroatoms. The normalized spacial score (nSPS) is 10.9. The molecular formula is C16H13FN2.